The molecular formula is C21H33IN4O2. The molecule has 1 aromatic carbocycles. The van der Waals surface area contributed by atoms with Gasteiger partial charge in [-0.2, -0.15) is 0 Å². The molecule has 1 unspecified atom stereocenters. The predicted octanol–water partition coefficient (Wildman–Crippen LogP) is 2.90. The number of methoxy groups -OCH3 is 1. The van der Waals surface area contributed by atoms with Gasteiger partial charge in [-0.1, -0.05) is 12.1 Å². The maximum Gasteiger partial charge on any atom is 0.217 e. The van der Waals surface area contributed by atoms with E-state index in [1.54, 1.807) is 7.11 Å². The van der Waals surface area contributed by atoms with E-state index in [9.17, 15) is 4.79 Å². The SMILES string of the molecule is CCNC(=NCC1(c2ccc(OC)cc2)CC1)N1CCCC(CC(N)=O)C1.I. The van der Waals surface area contributed by atoms with Crippen molar-refractivity contribution in [1.29, 1.82) is 0 Å². The van der Waals surface area contributed by atoms with E-state index in [1.165, 1.54) is 18.4 Å². The molecule has 1 atom stereocenters. The molecule has 1 aliphatic heterocycles. The Kier molecular flexibility index (Phi) is 8.39. The number of primary amides is 1. The molecule has 156 valence electrons. The maximum atomic E-state index is 11.3. The van der Waals surface area contributed by atoms with Gasteiger partial charge in [-0.05, 0) is 56.2 Å². The molecule has 1 aromatic rings. The summed E-state index contributed by atoms with van der Waals surface area (Å²) in [6, 6.07) is 8.39. The third kappa shape index (κ3) is 5.75. The summed E-state index contributed by atoms with van der Waals surface area (Å²) in [6.45, 7) is 5.56. The van der Waals surface area contributed by atoms with Gasteiger partial charge in [0.2, 0.25) is 5.91 Å². The molecule has 7 heteroatoms. The second-order valence-electron chi connectivity index (χ2n) is 7.80. The summed E-state index contributed by atoms with van der Waals surface area (Å²) in [4.78, 5) is 18.6. The number of hydrogen-bond donors (Lipinski definition) is 2. The molecule has 1 aliphatic carbocycles. The number of piperidine rings is 1. The van der Waals surface area contributed by atoms with Gasteiger partial charge in [-0.25, -0.2) is 0 Å². The molecule has 0 radical (unpaired) electrons. The van der Waals surface area contributed by atoms with Crippen LogP contribution in [-0.2, 0) is 10.2 Å². The van der Waals surface area contributed by atoms with Gasteiger partial charge >= 0.3 is 0 Å². The van der Waals surface area contributed by atoms with Crippen LogP contribution in [0, 0.1) is 5.92 Å². The minimum atomic E-state index is -0.208. The van der Waals surface area contributed by atoms with Crippen molar-refractivity contribution in [3.05, 3.63) is 29.8 Å². The summed E-state index contributed by atoms with van der Waals surface area (Å²) in [5.41, 5.74) is 6.90. The van der Waals surface area contributed by atoms with Gasteiger partial charge in [-0.15, -0.1) is 24.0 Å². The molecule has 1 saturated carbocycles. The molecule has 3 rings (SSSR count). The Morgan fingerprint density at radius 3 is 2.64 bits per heavy atom. The van der Waals surface area contributed by atoms with Gasteiger partial charge in [0.1, 0.15) is 5.75 Å². The van der Waals surface area contributed by atoms with Crippen molar-refractivity contribution in [1.82, 2.24) is 10.2 Å². The first-order valence-electron chi connectivity index (χ1n) is 10.0. The fourth-order valence-corrected chi connectivity index (χ4v) is 3.99. The number of carbonyl (C=O) groups excluding carboxylic acids is 1. The second kappa shape index (κ2) is 10.3. The van der Waals surface area contributed by atoms with Gasteiger partial charge < -0.3 is 20.7 Å². The van der Waals surface area contributed by atoms with Crippen LogP contribution in [-0.4, -0.2) is 50.1 Å². The van der Waals surface area contributed by atoms with Crippen molar-refractivity contribution in [2.24, 2.45) is 16.6 Å². The summed E-state index contributed by atoms with van der Waals surface area (Å²) in [7, 11) is 1.69. The zero-order valence-corrected chi connectivity index (χ0v) is 19.3. The lowest BCUT2D eigenvalue weighted by Gasteiger charge is -2.35. The number of benzene rings is 1. The van der Waals surface area contributed by atoms with E-state index in [-0.39, 0.29) is 35.3 Å². The smallest absolute Gasteiger partial charge is 0.217 e. The lowest BCUT2D eigenvalue weighted by atomic mass is 9.94. The van der Waals surface area contributed by atoms with Crippen LogP contribution in [0.4, 0.5) is 0 Å². The number of amides is 1. The van der Waals surface area contributed by atoms with E-state index in [2.05, 4.69) is 29.3 Å². The molecule has 1 heterocycles. The normalized spacial score (nSPS) is 20.9. The number of nitrogens with zero attached hydrogens (tertiary/aromatic N) is 2. The van der Waals surface area contributed by atoms with Crippen molar-refractivity contribution in [3.8, 4) is 5.75 Å². The average molecular weight is 500 g/mol. The van der Waals surface area contributed by atoms with Crippen molar-refractivity contribution in [2.45, 2.75) is 44.4 Å². The molecule has 0 spiro atoms. The average Bonchev–Trinajstić information content (AvgIpc) is 3.46. The number of halogens is 1. The van der Waals surface area contributed by atoms with Crippen LogP contribution < -0.4 is 15.8 Å². The lowest BCUT2D eigenvalue weighted by molar-refractivity contribution is -0.119. The molecule has 6 nitrogen and oxygen atoms in total. The van der Waals surface area contributed by atoms with Gasteiger partial charge in [0.25, 0.3) is 0 Å². The minimum Gasteiger partial charge on any atom is -0.497 e. The molecule has 3 N–H and O–H groups in total. The van der Waals surface area contributed by atoms with Crippen LogP contribution >= 0.6 is 24.0 Å². The van der Waals surface area contributed by atoms with Crippen LogP contribution in [0.25, 0.3) is 0 Å². The predicted molar refractivity (Wildman–Crippen MR) is 123 cm³/mol. The van der Waals surface area contributed by atoms with Crippen molar-refractivity contribution < 1.29 is 9.53 Å². The summed E-state index contributed by atoms with van der Waals surface area (Å²) >= 11 is 0. The number of hydrogen-bond acceptors (Lipinski definition) is 3. The Morgan fingerprint density at radius 1 is 1.36 bits per heavy atom. The summed E-state index contributed by atoms with van der Waals surface area (Å²) in [5.74, 6) is 1.98. The number of ether oxygens (including phenoxy) is 1. The maximum absolute atomic E-state index is 11.3. The third-order valence-electron chi connectivity index (χ3n) is 5.73. The quantitative estimate of drug-likeness (QED) is 0.343. The van der Waals surface area contributed by atoms with E-state index in [1.807, 2.05) is 12.1 Å². The van der Waals surface area contributed by atoms with Crippen LogP contribution in [0.2, 0.25) is 0 Å². The second-order valence-corrected chi connectivity index (χ2v) is 7.80. The summed E-state index contributed by atoms with van der Waals surface area (Å²) in [5, 5.41) is 3.44. The number of nitrogens with one attached hydrogen (secondary N) is 1. The first-order valence-corrected chi connectivity index (χ1v) is 10.0. The molecule has 2 aliphatic rings. The Bertz CT molecular complexity index is 673. The van der Waals surface area contributed by atoms with Gasteiger partial charge in [0.15, 0.2) is 5.96 Å². The Balaban J connectivity index is 0.00000280. The standard InChI is InChI=1S/C21H32N4O2.HI/c1-3-23-20(25-12-4-5-16(14-25)13-19(22)26)24-15-21(10-11-21)17-6-8-18(27-2)9-7-17;/h6-9,16H,3-5,10-15H2,1-2H3,(H2,22,26)(H,23,24);1H. The first-order chi connectivity index (χ1) is 13.1. The highest BCUT2D eigenvalue weighted by Gasteiger charge is 2.44. The van der Waals surface area contributed by atoms with Crippen molar-refractivity contribution >= 4 is 35.8 Å². The number of aliphatic imine (C=N–C) groups is 1. The Hall–Kier alpha value is -1.51. The first kappa shape index (κ1) is 22.8. The minimum absolute atomic E-state index is 0. The summed E-state index contributed by atoms with van der Waals surface area (Å²) < 4.78 is 5.27. The van der Waals surface area contributed by atoms with E-state index >= 15 is 0 Å². The van der Waals surface area contributed by atoms with Crippen molar-refractivity contribution in [3.63, 3.8) is 0 Å². The summed E-state index contributed by atoms with van der Waals surface area (Å²) in [6.07, 6.45) is 4.95. The Labute approximate surface area is 185 Å². The zero-order chi connectivity index (χ0) is 19.3. The number of nitrogens with two attached hydrogens (primary N) is 1. The fourth-order valence-electron chi connectivity index (χ4n) is 3.99. The third-order valence-corrected chi connectivity index (χ3v) is 5.73. The molecule has 28 heavy (non-hydrogen) atoms. The molecule has 0 bridgehead atoms. The van der Waals surface area contributed by atoms with E-state index < -0.39 is 0 Å². The number of rotatable bonds is 7. The highest BCUT2D eigenvalue weighted by atomic mass is 127. The number of carbonyl (C=O) groups is 1. The van der Waals surface area contributed by atoms with E-state index in [0.717, 1.165) is 50.7 Å². The number of likely N-dealkylation sites (tertiary alicyclic amines) is 1. The fraction of sp³-hybridized carbons (Fsp3) is 0.619. The molecule has 2 fully saturated rings. The zero-order valence-electron chi connectivity index (χ0n) is 16.9. The monoisotopic (exact) mass is 500 g/mol. The van der Waals surface area contributed by atoms with E-state index in [0.29, 0.717) is 12.3 Å². The highest BCUT2D eigenvalue weighted by molar-refractivity contribution is 14.0. The highest BCUT2D eigenvalue weighted by Crippen LogP contribution is 2.48. The van der Waals surface area contributed by atoms with Crippen molar-refractivity contribution in [2.75, 3.05) is 33.3 Å². The molecular weight excluding hydrogens is 467 g/mol. The van der Waals surface area contributed by atoms with Gasteiger partial charge in [0.05, 0.1) is 13.7 Å². The molecule has 0 aromatic heterocycles. The molecule has 1 saturated heterocycles. The van der Waals surface area contributed by atoms with Crippen LogP contribution in [0.1, 0.15) is 44.6 Å². The number of guanidine groups is 1. The Morgan fingerprint density at radius 2 is 2.07 bits per heavy atom. The largest absolute Gasteiger partial charge is 0.497 e. The van der Waals surface area contributed by atoms with Crippen LogP contribution in [0.3, 0.4) is 0 Å². The molecule has 1 amide bonds. The van der Waals surface area contributed by atoms with Crippen LogP contribution in [0.15, 0.2) is 29.3 Å². The van der Waals surface area contributed by atoms with Gasteiger partial charge in [-0.3, -0.25) is 9.79 Å². The van der Waals surface area contributed by atoms with Gasteiger partial charge in [0, 0.05) is 31.5 Å². The topological polar surface area (TPSA) is 80.0 Å². The lowest BCUT2D eigenvalue weighted by Crippen LogP contribution is -2.47. The van der Waals surface area contributed by atoms with E-state index in [4.69, 9.17) is 15.5 Å². The van der Waals surface area contributed by atoms with Crippen LogP contribution in [0.5, 0.6) is 5.75 Å².